The first-order valence-corrected chi connectivity index (χ1v) is 16.1. The van der Waals surface area contributed by atoms with Crippen molar-refractivity contribution in [3.8, 4) is 5.75 Å². The molecule has 0 fully saturated rings. The second-order valence-corrected chi connectivity index (χ2v) is 12.8. The molecule has 3 rings (SSSR count). The Morgan fingerprint density at radius 3 is 2.17 bits per heavy atom. The Morgan fingerprint density at radius 1 is 0.905 bits per heavy atom. The van der Waals surface area contributed by atoms with Crippen LogP contribution in [0, 0.1) is 0 Å². The van der Waals surface area contributed by atoms with Crippen LogP contribution in [0.3, 0.4) is 0 Å². The number of nitrogens with one attached hydrogen (secondary N) is 1. The maximum atomic E-state index is 14.3. The standard InChI is InChI=1S/C33H43N3O5S/c1-7-25(4)34-33(38)31(21-26-14-9-8-10-15-26)35(22-27-16-13-17-28(20-27)41-5)32(37)23-36(42(6,39)40)30-19-12-11-18-29(30)24(2)3/h8-20,24-25,31H,7,21-23H2,1-6H3,(H,34,38). The average Bonchev–Trinajstić information content (AvgIpc) is 2.97. The van der Waals surface area contributed by atoms with Crippen LogP contribution in [0.4, 0.5) is 5.69 Å². The van der Waals surface area contributed by atoms with Crippen LogP contribution in [0.25, 0.3) is 0 Å². The van der Waals surface area contributed by atoms with Crippen molar-refractivity contribution >= 4 is 27.5 Å². The van der Waals surface area contributed by atoms with Gasteiger partial charge in [0.15, 0.2) is 0 Å². The molecular weight excluding hydrogens is 550 g/mol. The molecule has 0 radical (unpaired) electrons. The van der Waals surface area contributed by atoms with E-state index in [0.717, 1.165) is 33.7 Å². The smallest absolute Gasteiger partial charge is 0.244 e. The van der Waals surface area contributed by atoms with Crippen LogP contribution in [0.1, 0.15) is 56.7 Å². The fourth-order valence-corrected chi connectivity index (χ4v) is 5.63. The van der Waals surface area contributed by atoms with Gasteiger partial charge in [0, 0.05) is 19.0 Å². The lowest BCUT2D eigenvalue weighted by Crippen LogP contribution is -2.54. The Balaban J connectivity index is 2.11. The quantitative estimate of drug-likeness (QED) is 0.279. The molecule has 8 nitrogen and oxygen atoms in total. The second kappa shape index (κ2) is 14.9. The minimum Gasteiger partial charge on any atom is -0.497 e. The van der Waals surface area contributed by atoms with E-state index in [9.17, 15) is 18.0 Å². The van der Waals surface area contributed by atoms with E-state index in [1.54, 1.807) is 25.3 Å². The normalized spacial score (nSPS) is 12.8. The van der Waals surface area contributed by atoms with E-state index in [1.807, 2.05) is 88.4 Å². The third-order valence-corrected chi connectivity index (χ3v) is 8.39. The number of hydrogen-bond donors (Lipinski definition) is 1. The molecule has 9 heteroatoms. The molecule has 0 aliphatic heterocycles. The number of amides is 2. The topological polar surface area (TPSA) is 96.0 Å². The molecule has 2 atom stereocenters. The Kier molecular flexibility index (Phi) is 11.6. The number of carbonyl (C=O) groups is 2. The molecule has 0 heterocycles. The zero-order chi connectivity index (χ0) is 30.9. The third-order valence-electron chi connectivity index (χ3n) is 7.27. The monoisotopic (exact) mass is 593 g/mol. The first-order valence-electron chi connectivity index (χ1n) is 14.3. The summed E-state index contributed by atoms with van der Waals surface area (Å²) in [5.74, 6) is -0.132. The van der Waals surface area contributed by atoms with Crippen LogP contribution >= 0.6 is 0 Å². The number of hydrogen-bond acceptors (Lipinski definition) is 5. The fraction of sp³-hybridized carbons (Fsp3) is 0.394. The third kappa shape index (κ3) is 8.82. The van der Waals surface area contributed by atoms with Crippen molar-refractivity contribution in [1.29, 1.82) is 0 Å². The van der Waals surface area contributed by atoms with Crippen molar-refractivity contribution in [3.63, 3.8) is 0 Å². The van der Waals surface area contributed by atoms with Gasteiger partial charge in [-0.05, 0) is 54.2 Å². The van der Waals surface area contributed by atoms with E-state index in [4.69, 9.17) is 4.74 Å². The number of para-hydroxylation sites is 1. The molecule has 0 saturated heterocycles. The number of sulfonamides is 1. The summed E-state index contributed by atoms with van der Waals surface area (Å²) < 4.78 is 32.8. The van der Waals surface area contributed by atoms with Gasteiger partial charge in [0.25, 0.3) is 0 Å². The molecule has 3 aromatic carbocycles. The number of methoxy groups -OCH3 is 1. The van der Waals surface area contributed by atoms with Crippen molar-refractivity contribution < 1.29 is 22.7 Å². The zero-order valence-corrected chi connectivity index (χ0v) is 26.2. The molecule has 42 heavy (non-hydrogen) atoms. The van der Waals surface area contributed by atoms with Crippen molar-refractivity contribution in [2.75, 3.05) is 24.2 Å². The van der Waals surface area contributed by atoms with E-state index in [2.05, 4.69) is 5.32 Å². The number of benzene rings is 3. The summed E-state index contributed by atoms with van der Waals surface area (Å²) in [4.78, 5) is 29.6. The highest BCUT2D eigenvalue weighted by Gasteiger charge is 2.34. The highest BCUT2D eigenvalue weighted by molar-refractivity contribution is 7.92. The van der Waals surface area contributed by atoms with Crippen LogP contribution in [0.5, 0.6) is 5.75 Å². The van der Waals surface area contributed by atoms with Gasteiger partial charge in [-0.15, -0.1) is 0 Å². The Bertz CT molecular complexity index is 1440. The highest BCUT2D eigenvalue weighted by atomic mass is 32.2. The maximum absolute atomic E-state index is 14.3. The molecule has 0 aliphatic carbocycles. The van der Waals surface area contributed by atoms with Gasteiger partial charge in [-0.2, -0.15) is 0 Å². The summed E-state index contributed by atoms with van der Waals surface area (Å²) in [6.45, 7) is 7.49. The van der Waals surface area contributed by atoms with Crippen LogP contribution in [-0.2, 0) is 32.6 Å². The number of rotatable bonds is 14. The summed E-state index contributed by atoms with van der Waals surface area (Å²) in [6.07, 6.45) is 2.09. The molecular formula is C33H43N3O5S. The summed E-state index contributed by atoms with van der Waals surface area (Å²) >= 11 is 0. The van der Waals surface area contributed by atoms with E-state index in [0.29, 0.717) is 11.4 Å². The predicted molar refractivity (Wildman–Crippen MR) is 168 cm³/mol. The Labute approximate surface area is 250 Å². The largest absolute Gasteiger partial charge is 0.497 e. The fourth-order valence-electron chi connectivity index (χ4n) is 4.76. The minimum absolute atomic E-state index is 0.0283. The first kappa shape index (κ1) is 32.7. The zero-order valence-electron chi connectivity index (χ0n) is 25.4. The molecule has 0 spiro atoms. The summed E-state index contributed by atoms with van der Waals surface area (Å²) in [6, 6.07) is 23.0. The van der Waals surface area contributed by atoms with Gasteiger partial charge in [0.05, 0.1) is 19.1 Å². The molecule has 2 unspecified atom stereocenters. The molecule has 226 valence electrons. The molecule has 2 amide bonds. The van der Waals surface area contributed by atoms with Crippen LogP contribution < -0.4 is 14.4 Å². The molecule has 3 aromatic rings. The number of ether oxygens (including phenoxy) is 1. The van der Waals surface area contributed by atoms with Gasteiger partial charge in [0.1, 0.15) is 18.3 Å². The van der Waals surface area contributed by atoms with Gasteiger partial charge >= 0.3 is 0 Å². The first-order chi connectivity index (χ1) is 19.9. The molecule has 0 bridgehead atoms. The second-order valence-electron chi connectivity index (χ2n) is 10.9. The lowest BCUT2D eigenvalue weighted by Gasteiger charge is -2.34. The van der Waals surface area contributed by atoms with Gasteiger partial charge in [-0.25, -0.2) is 8.42 Å². The van der Waals surface area contributed by atoms with E-state index in [-0.39, 0.29) is 30.8 Å². The number of nitrogens with zero attached hydrogens (tertiary/aromatic N) is 2. The summed E-state index contributed by atoms with van der Waals surface area (Å²) in [5, 5.41) is 3.04. The van der Waals surface area contributed by atoms with Gasteiger partial charge in [-0.1, -0.05) is 81.4 Å². The minimum atomic E-state index is -3.85. The van der Waals surface area contributed by atoms with Crippen LogP contribution in [0.15, 0.2) is 78.9 Å². The van der Waals surface area contributed by atoms with Gasteiger partial charge < -0.3 is 15.0 Å². The van der Waals surface area contributed by atoms with Crippen molar-refractivity contribution in [2.45, 2.75) is 65.1 Å². The molecule has 0 saturated carbocycles. The lowest BCUT2D eigenvalue weighted by molar-refractivity contribution is -0.140. The molecule has 0 aliphatic rings. The predicted octanol–water partition coefficient (Wildman–Crippen LogP) is 5.14. The van der Waals surface area contributed by atoms with E-state index < -0.39 is 28.5 Å². The van der Waals surface area contributed by atoms with Gasteiger partial charge in [0.2, 0.25) is 21.8 Å². The van der Waals surface area contributed by atoms with Crippen molar-refractivity contribution in [1.82, 2.24) is 10.2 Å². The van der Waals surface area contributed by atoms with Crippen LogP contribution in [0.2, 0.25) is 0 Å². The highest BCUT2D eigenvalue weighted by Crippen LogP contribution is 2.29. The lowest BCUT2D eigenvalue weighted by atomic mass is 10.0. The average molecular weight is 594 g/mol. The Morgan fingerprint density at radius 2 is 1.55 bits per heavy atom. The maximum Gasteiger partial charge on any atom is 0.244 e. The number of carbonyl (C=O) groups excluding carboxylic acids is 2. The molecule has 1 N–H and O–H groups in total. The van der Waals surface area contributed by atoms with Gasteiger partial charge in [-0.3, -0.25) is 13.9 Å². The SMILES string of the molecule is CCC(C)NC(=O)C(Cc1ccccc1)N(Cc1cccc(OC)c1)C(=O)CN(c1ccccc1C(C)C)S(C)(=O)=O. The number of anilines is 1. The van der Waals surface area contributed by atoms with Crippen molar-refractivity contribution in [3.05, 3.63) is 95.6 Å². The van der Waals surface area contributed by atoms with E-state index >= 15 is 0 Å². The van der Waals surface area contributed by atoms with Crippen molar-refractivity contribution in [2.24, 2.45) is 0 Å². The molecule has 0 aromatic heterocycles. The van der Waals surface area contributed by atoms with E-state index in [1.165, 1.54) is 4.90 Å². The summed E-state index contributed by atoms with van der Waals surface area (Å²) in [5.41, 5.74) is 2.90. The van der Waals surface area contributed by atoms with Crippen LogP contribution in [-0.4, -0.2) is 57.1 Å². The summed E-state index contributed by atoms with van der Waals surface area (Å²) in [7, 11) is -2.28. The Hall–Kier alpha value is -3.85.